The number of nitrogens with zero attached hydrogens (tertiary/aromatic N) is 1. The average molecular weight is 356 g/mol. The van der Waals surface area contributed by atoms with Gasteiger partial charge in [0.2, 0.25) is 23.5 Å². The van der Waals surface area contributed by atoms with Gasteiger partial charge in [-0.25, -0.2) is 0 Å². The van der Waals surface area contributed by atoms with Crippen LogP contribution in [0.5, 0.6) is 0 Å². The van der Waals surface area contributed by atoms with Crippen molar-refractivity contribution in [1.29, 1.82) is 0 Å². The van der Waals surface area contributed by atoms with Gasteiger partial charge in [0.15, 0.2) is 0 Å². The fourth-order valence-electron chi connectivity index (χ4n) is 2.85. The number of nitrogens with one attached hydrogen (secondary N) is 1. The molecule has 1 aromatic rings. The number of benzene rings is 1. The van der Waals surface area contributed by atoms with E-state index in [1.165, 1.54) is 26.0 Å². The van der Waals surface area contributed by atoms with Crippen LogP contribution in [0, 0.1) is 0 Å². The highest BCUT2D eigenvalue weighted by Crippen LogP contribution is 2.35. The largest absolute Gasteiger partial charge is 0.361 e. The lowest BCUT2D eigenvalue weighted by Gasteiger charge is -2.44. The summed E-state index contributed by atoms with van der Waals surface area (Å²) >= 11 is 0. The van der Waals surface area contributed by atoms with E-state index in [0.717, 1.165) is 0 Å². The highest BCUT2D eigenvalue weighted by atomic mass is 16.6. The van der Waals surface area contributed by atoms with Gasteiger partial charge in [0.1, 0.15) is 0 Å². The summed E-state index contributed by atoms with van der Waals surface area (Å²) in [7, 11) is 0. The Morgan fingerprint density at radius 1 is 1.04 bits per heavy atom. The number of fused-ring (bicyclic) bond motifs is 1. The van der Waals surface area contributed by atoms with Gasteiger partial charge in [-0.05, 0) is 11.6 Å². The molecule has 7 N–H and O–H groups in total. The van der Waals surface area contributed by atoms with Crippen molar-refractivity contribution >= 4 is 11.6 Å². The van der Waals surface area contributed by atoms with Gasteiger partial charge >= 0.3 is 0 Å². The molecule has 9 heteroatoms. The number of amides is 1. The molecule has 1 aromatic carbocycles. The van der Waals surface area contributed by atoms with Crippen molar-refractivity contribution < 1.29 is 35.4 Å². The van der Waals surface area contributed by atoms with Gasteiger partial charge in [-0.15, -0.1) is 0 Å². The number of rotatable bonds is 7. The topological polar surface area (TPSA) is 154 Å². The zero-order valence-electron chi connectivity index (χ0n) is 14.1. The normalized spacial score (nSPS) is 15.5. The minimum absolute atomic E-state index is 0.0350. The zero-order valence-corrected chi connectivity index (χ0v) is 14.1. The standard InChI is InChI=1S/C16H24N2O7/c1-3-15(22,23)18(16(24,25)4-2)9-14(20,21)11-6-5-7-12-10(11)8-13(19)17-12/h5-7,20-25H,3-4,8-9H2,1-2H3,(H,17,19). The fourth-order valence-corrected chi connectivity index (χ4v) is 2.85. The molecule has 0 bridgehead atoms. The highest BCUT2D eigenvalue weighted by Gasteiger charge is 2.48. The lowest BCUT2D eigenvalue weighted by Crippen LogP contribution is -2.64. The van der Waals surface area contributed by atoms with Crippen LogP contribution in [0.1, 0.15) is 37.8 Å². The summed E-state index contributed by atoms with van der Waals surface area (Å²) < 4.78 is 0. The number of carbonyl (C=O) groups excluding carboxylic acids is 1. The third kappa shape index (κ3) is 3.82. The van der Waals surface area contributed by atoms with Gasteiger partial charge in [-0.1, -0.05) is 26.0 Å². The van der Waals surface area contributed by atoms with Crippen LogP contribution in [0.15, 0.2) is 18.2 Å². The number of carbonyl (C=O) groups is 1. The van der Waals surface area contributed by atoms with Crippen molar-refractivity contribution in [3.63, 3.8) is 0 Å². The van der Waals surface area contributed by atoms with Crippen molar-refractivity contribution in [1.82, 2.24) is 4.90 Å². The first-order chi connectivity index (χ1) is 11.4. The molecule has 9 nitrogen and oxygen atoms in total. The van der Waals surface area contributed by atoms with Crippen molar-refractivity contribution in [3.8, 4) is 0 Å². The van der Waals surface area contributed by atoms with Crippen LogP contribution >= 0.6 is 0 Å². The van der Waals surface area contributed by atoms with E-state index >= 15 is 0 Å². The van der Waals surface area contributed by atoms with Crippen LogP contribution in [-0.4, -0.2) is 59.8 Å². The van der Waals surface area contributed by atoms with Gasteiger partial charge in [0.25, 0.3) is 0 Å². The highest BCUT2D eigenvalue weighted by molar-refractivity contribution is 5.99. The van der Waals surface area contributed by atoms with E-state index in [-0.39, 0.29) is 30.7 Å². The maximum absolute atomic E-state index is 11.6. The second kappa shape index (κ2) is 6.61. The Morgan fingerprint density at radius 3 is 2.12 bits per heavy atom. The number of anilines is 1. The molecule has 0 atom stereocenters. The van der Waals surface area contributed by atoms with Gasteiger partial charge in [-0.2, -0.15) is 4.90 Å². The van der Waals surface area contributed by atoms with Crippen LogP contribution in [0.25, 0.3) is 0 Å². The third-order valence-corrected chi connectivity index (χ3v) is 4.41. The molecule has 0 fully saturated rings. The molecule has 1 amide bonds. The molecule has 1 aliphatic rings. The van der Waals surface area contributed by atoms with Gasteiger partial charge < -0.3 is 36.0 Å². The van der Waals surface area contributed by atoms with Gasteiger partial charge in [0.05, 0.1) is 13.0 Å². The summed E-state index contributed by atoms with van der Waals surface area (Å²) in [6, 6.07) is 4.48. The Kier molecular flexibility index (Phi) is 5.22. The third-order valence-electron chi connectivity index (χ3n) is 4.41. The second-order valence-corrected chi connectivity index (χ2v) is 6.22. The van der Waals surface area contributed by atoms with E-state index in [0.29, 0.717) is 16.2 Å². The van der Waals surface area contributed by atoms with E-state index in [4.69, 9.17) is 0 Å². The lowest BCUT2D eigenvalue weighted by molar-refractivity contribution is -0.402. The molecule has 140 valence electrons. The van der Waals surface area contributed by atoms with Crippen LogP contribution < -0.4 is 5.32 Å². The number of hydrogen-bond acceptors (Lipinski definition) is 8. The van der Waals surface area contributed by atoms with Gasteiger partial charge in [-0.3, -0.25) is 4.79 Å². The Morgan fingerprint density at radius 2 is 1.60 bits per heavy atom. The van der Waals surface area contributed by atoms with Crippen molar-refractivity contribution in [3.05, 3.63) is 29.3 Å². The van der Waals surface area contributed by atoms with Crippen LogP contribution in [0.3, 0.4) is 0 Å². The van der Waals surface area contributed by atoms with E-state index in [1.807, 2.05) is 0 Å². The maximum atomic E-state index is 11.6. The summed E-state index contributed by atoms with van der Waals surface area (Å²) in [5.74, 6) is -8.37. The molecule has 0 saturated heterocycles. The molecule has 2 rings (SSSR count). The monoisotopic (exact) mass is 356 g/mol. The minimum atomic E-state index is -2.69. The predicted octanol–water partition coefficient (Wildman–Crippen LogP) is -1.28. The Bertz CT molecular complexity index is 642. The van der Waals surface area contributed by atoms with E-state index in [1.54, 1.807) is 6.07 Å². The quantitative estimate of drug-likeness (QED) is 0.298. The average Bonchev–Trinajstić information content (AvgIpc) is 2.92. The van der Waals surface area contributed by atoms with Crippen LogP contribution in [0.4, 0.5) is 5.69 Å². The predicted molar refractivity (Wildman–Crippen MR) is 86.5 cm³/mol. The smallest absolute Gasteiger partial charge is 0.229 e. The fraction of sp³-hybridized carbons (Fsp3) is 0.562. The van der Waals surface area contributed by atoms with Crippen molar-refractivity contribution in [2.45, 2.75) is 50.7 Å². The first-order valence-electron chi connectivity index (χ1n) is 7.99. The summed E-state index contributed by atoms with van der Waals surface area (Å²) in [5.41, 5.74) is 0.742. The molecular weight excluding hydrogens is 332 g/mol. The summed E-state index contributed by atoms with van der Waals surface area (Å²) in [6.07, 6.45) is -0.708. The molecule has 25 heavy (non-hydrogen) atoms. The summed E-state index contributed by atoms with van der Waals surface area (Å²) in [5, 5.41) is 64.0. The molecule has 0 saturated carbocycles. The molecule has 0 aromatic heterocycles. The lowest BCUT2D eigenvalue weighted by atomic mass is 9.96. The summed E-state index contributed by atoms with van der Waals surface area (Å²) in [6.45, 7) is 1.86. The molecule has 1 aliphatic heterocycles. The van der Waals surface area contributed by atoms with E-state index in [2.05, 4.69) is 5.32 Å². The molecule has 0 aliphatic carbocycles. The minimum Gasteiger partial charge on any atom is -0.361 e. The Balaban J connectivity index is 2.42. The molecule has 0 spiro atoms. The van der Waals surface area contributed by atoms with E-state index in [9.17, 15) is 35.4 Å². The van der Waals surface area contributed by atoms with Crippen molar-refractivity contribution in [2.24, 2.45) is 0 Å². The van der Waals surface area contributed by atoms with Crippen molar-refractivity contribution in [2.75, 3.05) is 11.9 Å². The van der Waals surface area contributed by atoms with Gasteiger partial charge in [0, 0.05) is 24.1 Å². The SMILES string of the molecule is CCC(O)(O)N(CC(O)(O)c1cccc2c1CC(=O)N2)C(O)(O)CC. The molecule has 0 radical (unpaired) electrons. The Labute approximate surface area is 144 Å². The summed E-state index contributed by atoms with van der Waals surface area (Å²) in [4.78, 5) is 12.0. The van der Waals surface area contributed by atoms with Crippen LogP contribution in [0.2, 0.25) is 0 Å². The molecular formula is C16H24N2O7. The van der Waals surface area contributed by atoms with E-state index < -0.39 is 24.2 Å². The molecule has 0 unspecified atom stereocenters. The molecule has 1 heterocycles. The Hall–Kier alpha value is -1.59. The maximum Gasteiger partial charge on any atom is 0.229 e. The number of hydrogen-bond donors (Lipinski definition) is 7. The first kappa shape index (κ1) is 19.7. The second-order valence-electron chi connectivity index (χ2n) is 6.22. The first-order valence-corrected chi connectivity index (χ1v) is 7.99. The zero-order chi connectivity index (χ0) is 19.0. The van der Waals surface area contributed by atoms with Crippen LogP contribution in [-0.2, 0) is 17.0 Å². The number of aliphatic hydroxyl groups is 6.